The number of hydrogen-bond acceptors (Lipinski definition) is 0. The molecule has 3 aromatic heterocycles. The summed E-state index contributed by atoms with van der Waals surface area (Å²) in [7, 11) is 0. The Balaban J connectivity index is 0.643. The van der Waals surface area contributed by atoms with Gasteiger partial charge in [0, 0.05) is 49.4 Å². The summed E-state index contributed by atoms with van der Waals surface area (Å²) < 4.78 is 7.40. The average molecular weight is 1480 g/mol. The van der Waals surface area contributed by atoms with Gasteiger partial charge in [0.15, 0.2) is 0 Å². The van der Waals surface area contributed by atoms with Crippen molar-refractivity contribution in [1.29, 1.82) is 0 Å². The van der Waals surface area contributed by atoms with Gasteiger partial charge in [0.1, 0.15) is 0 Å². The van der Waals surface area contributed by atoms with Crippen LogP contribution in [0.3, 0.4) is 0 Å². The van der Waals surface area contributed by atoms with Gasteiger partial charge in [0.25, 0.3) is 0 Å². The number of fused-ring (bicyclic) bond motifs is 15. The first-order valence-electron chi connectivity index (χ1n) is 40.5. The Bertz CT molecular complexity index is 7480. The summed E-state index contributed by atoms with van der Waals surface area (Å²) in [5.74, 6) is 0. The molecule has 542 valence electrons. The van der Waals surface area contributed by atoms with Crippen LogP contribution in [-0.4, -0.2) is 13.7 Å². The minimum absolute atomic E-state index is 1.10. The van der Waals surface area contributed by atoms with Crippen LogP contribution in [0.15, 0.2) is 431 Å². The predicted molar refractivity (Wildman–Crippen MR) is 498 cm³/mol. The third-order valence-corrected chi connectivity index (χ3v) is 25.0. The largest absolute Gasteiger partial charge is 0.309 e. The average Bonchev–Trinajstić information content (AvgIpc) is 1.47. The summed E-state index contributed by atoms with van der Waals surface area (Å²) in [6.45, 7) is 0. The molecule has 0 saturated heterocycles. The second-order valence-corrected chi connectivity index (χ2v) is 31.4. The van der Waals surface area contributed by atoms with Gasteiger partial charge in [-0.05, 0) is 263 Å². The Hall–Kier alpha value is -15.4. The zero-order valence-electron chi connectivity index (χ0n) is 63.8. The van der Waals surface area contributed by atoms with E-state index in [1.807, 2.05) is 0 Å². The maximum absolute atomic E-state index is 2.47. The van der Waals surface area contributed by atoms with Crippen molar-refractivity contribution in [2.45, 2.75) is 0 Å². The van der Waals surface area contributed by atoms with Crippen molar-refractivity contribution in [3.8, 4) is 106 Å². The normalized spacial score (nSPS) is 11.9. The minimum Gasteiger partial charge on any atom is -0.309 e. The lowest BCUT2D eigenvalue weighted by atomic mass is 9.86. The number of nitrogens with zero attached hydrogens (tertiary/aromatic N) is 3. The topological polar surface area (TPSA) is 14.8 Å². The van der Waals surface area contributed by atoms with E-state index in [2.05, 4.69) is 444 Å². The van der Waals surface area contributed by atoms with Gasteiger partial charge in [0.2, 0.25) is 0 Å². The number of aromatic nitrogens is 3. The van der Waals surface area contributed by atoms with Crippen LogP contribution < -0.4 is 0 Å². The lowest BCUT2D eigenvalue weighted by Gasteiger charge is -2.18. The summed E-state index contributed by atoms with van der Waals surface area (Å²) in [6.07, 6.45) is 0. The first kappa shape index (κ1) is 66.2. The van der Waals surface area contributed by atoms with Crippen LogP contribution in [-0.2, 0) is 0 Å². The Kier molecular flexibility index (Phi) is 15.1. The second kappa shape index (κ2) is 26.6. The zero-order valence-corrected chi connectivity index (χ0v) is 63.8. The lowest BCUT2D eigenvalue weighted by molar-refractivity contribution is 1.18. The van der Waals surface area contributed by atoms with Crippen molar-refractivity contribution in [1.82, 2.24) is 13.7 Å². The molecule has 0 bridgehead atoms. The van der Waals surface area contributed by atoms with Crippen LogP contribution in [0.5, 0.6) is 0 Å². The van der Waals surface area contributed by atoms with Crippen molar-refractivity contribution in [2.24, 2.45) is 0 Å². The second-order valence-electron chi connectivity index (χ2n) is 31.4. The number of benzene rings is 21. The molecule has 117 heavy (non-hydrogen) atoms. The SMILES string of the molecule is c1ccc(-c2c3ccccc3c(-c3ccc(-n4c5ccc(-c6ccc(-n7c8ccc(-c9cccc%10ccccc9%10)cc8c8cc(-c9cccc%10ccccc9%10)ccc87)cc6)cc5c5cc(-c6ccc(-n7c8ccc(-c9cccc%10ccccc9%10)cc8c8cc(-c9cccc%10ccccc9%10)ccc87)cc6)ccc54)cc3)c3ccccc23)cc1. The van der Waals surface area contributed by atoms with E-state index in [0.717, 1.165) is 72.4 Å². The summed E-state index contributed by atoms with van der Waals surface area (Å²) in [6, 6.07) is 161. The monoisotopic (exact) mass is 1480 g/mol. The molecule has 0 amide bonds. The smallest absolute Gasteiger partial charge is 0.0541 e. The molecule has 3 heteroatoms. The zero-order chi connectivity index (χ0) is 76.8. The van der Waals surface area contributed by atoms with Crippen LogP contribution in [0.1, 0.15) is 0 Å². The van der Waals surface area contributed by atoms with Gasteiger partial charge < -0.3 is 13.7 Å². The molecule has 0 N–H and O–H groups in total. The molecular weight excluding hydrogens is 1410 g/mol. The Morgan fingerprint density at radius 2 is 0.325 bits per heavy atom. The van der Waals surface area contributed by atoms with Gasteiger partial charge in [-0.1, -0.05) is 322 Å². The van der Waals surface area contributed by atoms with E-state index in [1.165, 1.54) is 164 Å². The van der Waals surface area contributed by atoms with Crippen LogP contribution in [0.4, 0.5) is 0 Å². The van der Waals surface area contributed by atoms with Crippen LogP contribution >= 0.6 is 0 Å². The van der Waals surface area contributed by atoms with Gasteiger partial charge in [0.05, 0.1) is 33.1 Å². The standard InChI is InChI=1S/C114H71N3/c1-2-24-78(25-3-1)113-97-34-12-14-36-99(97)114(100-37-15-13-35-98(100)113)79-46-58-88(59-47-79)117-107-60-48-80(72-42-54-86(55-43-72)115-109-62-50-82(93-38-16-26-74-20-4-8-30-89(74)93)68-103(109)104-69-83(51-63-110(104)115)94-39-17-27-75-21-5-9-31-90(75)94)66-101(107)102-67-81(49-61-108(102)117)73-44-56-87(57-45-73)116-111-64-52-84(95-40-18-28-76-22-6-10-32-91(76)95)70-105(111)106-71-85(53-65-112(106)116)96-41-19-29-77-23-7-11-33-92(77)96/h1-71H. The summed E-state index contributed by atoms with van der Waals surface area (Å²) in [5.41, 5.74) is 29.5. The molecule has 21 aromatic carbocycles. The van der Waals surface area contributed by atoms with Crippen LogP contribution in [0, 0.1) is 0 Å². The van der Waals surface area contributed by atoms with E-state index in [4.69, 9.17) is 0 Å². The van der Waals surface area contributed by atoms with E-state index in [-0.39, 0.29) is 0 Å². The molecule has 0 spiro atoms. The van der Waals surface area contributed by atoms with E-state index in [0.29, 0.717) is 0 Å². The van der Waals surface area contributed by atoms with E-state index in [9.17, 15) is 0 Å². The van der Waals surface area contributed by atoms with E-state index in [1.54, 1.807) is 0 Å². The lowest BCUT2D eigenvalue weighted by Crippen LogP contribution is -1.95. The molecule has 24 rings (SSSR count). The van der Waals surface area contributed by atoms with Gasteiger partial charge in [-0.2, -0.15) is 0 Å². The molecule has 0 aliphatic rings. The summed E-state index contributed by atoms with van der Waals surface area (Å²) in [4.78, 5) is 0. The fourth-order valence-electron chi connectivity index (χ4n) is 19.6. The molecule has 3 nitrogen and oxygen atoms in total. The maximum Gasteiger partial charge on any atom is 0.0541 e. The van der Waals surface area contributed by atoms with Crippen molar-refractivity contribution >= 4 is 130 Å². The van der Waals surface area contributed by atoms with Gasteiger partial charge >= 0.3 is 0 Å². The first-order chi connectivity index (χ1) is 58.0. The Labute approximate surface area is 675 Å². The van der Waals surface area contributed by atoms with E-state index < -0.39 is 0 Å². The van der Waals surface area contributed by atoms with Crippen LogP contribution in [0.2, 0.25) is 0 Å². The molecule has 0 fully saturated rings. The quantitative estimate of drug-likeness (QED) is 0.115. The summed E-state index contributed by atoms with van der Waals surface area (Å²) >= 11 is 0. The fraction of sp³-hybridized carbons (Fsp3) is 0. The molecular formula is C114H71N3. The molecule has 3 heterocycles. The van der Waals surface area contributed by atoms with Crippen molar-refractivity contribution in [2.75, 3.05) is 0 Å². The molecule has 0 aliphatic heterocycles. The molecule has 0 radical (unpaired) electrons. The molecule has 24 aromatic rings. The van der Waals surface area contributed by atoms with Crippen molar-refractivity contribution in [3.63, 3.8) is 0 Å². The molecule has 0 unspecified atom stereocenters. The fourth-order valence-corrected chi connectivity index (χ4v) is 19.6. The summed E-state index contributed by atoms with van der Waals surface area (Å²) in [5, 5.41) is 22.1. The highest BCUT2D eigenvalue weighted by atomic mass is 15.0. The van der Waals surface area contributed by atoms with Crippen molar-refractivity contribution in [3.05, 3.63) is 431 Å². The molecule has 0 aliphatic carbocycles. The molecule has 0 atom stereocenters. The third-order valence-electron chi connectivity index (χ3n) is 25.0. The maximum atomic E-state index is 2.47. The first-order valence-corrected chi connectivity index (χ1v) is 40.5. The predicted octanol–water partition coefficient (Wildman–Crippen LogP) is 31.2. The molecule has 0 saturated carbocycles. The van der Waals surface area contributed by atoms with Crippen molar-refractivity contribution < 1.29 is 0 Å². The number of hydrogen-bond donors (Lipinski definition) is 0. The van der Waals surface area contributed by atoms with Gasteiger partial charge in [-0.3, -0.25) is 0 Å². The highest BCUT2D eigenvalue weighted by Gasteiger charge is 2.23. The van der Waals surface area contributed by atoms with Crippen LogP contribution in [0.25, 0.3) is 236 Å². The highest BCUT2D eigenvalue weighted by Crippen LogP contribution is 2.48. The minimum atomic E-state index is 1.10. The highest BCUT2D eigenvalue weighted by molar-refractivity contribution is 6.22. The Morgan fingerprint density at radius 3 is 0.607 bits per heavy atom. The number of rotatable bonds is 11. The third kappa shape index (κ3) is 10.7. The Morgan fingerprint density at radius 1 is 0.120 bits per heavy atom. The van der Waals surface area contributed by atoms with Gasteiger partial charge in [-0.15, -0.1) is 0 Å². The van der Waals surface area contributed by atoms with Gasteiger partial charge in [-0.25, -0.2) is 0 Å². The van der Waals surface area contributed by atoms with E-state index >= 15 is 0 Å².